The van der Waals surface area contributed by atoms with Gasteiger partial charge in [-0.2, -0.15) is 0 Å². The molecule has 3 aromatic rings. The predicted octanol–water partition coefficient (Wildman–Crippen LogP) is 1.31. The van der Waals surface area contributed by atoms with Gasteiger partial charge in [0.25, 0.3) is 0 Å². The predicted molar refractivity (Wildman–Crippen MR) is 66.8 cm³/mol. The van der Waals surface area contributed by atoms with E-state index in [0.29, 0.717) is 11.5 Å². The van der Waals surface area contributed by atoms with Crippen molar-refractivity contribution in [2.45, 2.75) is 0 Å². The topological polar surface area (TPSA) is 82.5 Å². The smallest absolute Gasteiger partial charge is 0.205 e. The van der Waals surface area contributed by atoms with Gasteiger partial charge in [-0.15, -0.1) is 15.0 Å². The van der Waals surface area contributed by atoms with Gasteiger partial charge in [0.1, 0.15) is 5.69 Å². The van der Waals surface area contributed by atoms with Crippen molar-refractivity contribution in [2.75, 3.05) is 5.73 Å². The monoisotopic (exact) mass is 238 g/mol. The Kier molecular flexibility index (Phi) is 2.45. The van der Waals surface area contributed by atoms with Crippen molar-refractivity contribution < 1.29 is 0 Å². The van der Waals surface area contributed by atoms with Gasteiger partial charge in [0.05, 0.1) is 6.20 Å². The molecule has 0 aliphatic carbocycles. The van der Waals surface area contributed by atoms with Crippen LogP contribution in [-0.2, 0) is 0 Å². The molecule has 0 aliphatic heterocycles. The molecule has 0 fully saturated rings. The lowest BCUT2D eigenvalue weighted by atomic mass is 10.2. The van der Waals surface area contributed by atoms with Gasteiger partial charge in [-0.1, -0.05) is 0 Å². The number of anilines is 1. The highest BCUT2D eigenvalue weighted by Crippen LogP contribution is 2.15. The summed E-state index contributed by atoms with van der Waals surface area (Å²) in [7, 11) is 0. The fourth-order valence-corrected chi connectivity index (χ4v) is 1.54. The average molecular weight is 238 g/mol. The van der Waals surface area contributed by atoms with Crippen LogP contribution >= 0.6 is 0 Å². The molecule has 1 aromatic carbocycles. The number of hydrogen-bond acceptors (Lipinski definition) is 5. The van der Waals surface area contributed by atoms with Crippen molar-refractivity contribution in [3.63, 3.8) is 0 Å². The molecule has 0 bridgehead atoms. The van der Waals surface area contributed by atoms with Crippen LogP contribution in [0.5, 0.6) is 0 Å². The van der Waals surface area contributed by atoms with E-state index in [1.807, 2.05) is 24.3 Å². The van der Waals surface area contributed by atoms with E-state index in [1.54, 1.807) is 24.5 Å². The van der Waals surface area contributed by atoms with E-state index in [1.165, 1.54) is 4.80 Å². The minimum Gasteiger partial charge on any atom is -0.399 e. The Morgan fingerprint density at radius 1 is 1.06 bits per heavy atom. The van der Waals surface area contributed by atoms with E-state index in [0.717, 1.165) is 11.3 Å². The first kappa shape index (κ1) is 10.4. The first-order valence-electron chi connectivity index (χ1n) is 5.39. The highest BCUT2D eigenvalue weighted by Gasteiger charge is 2.06. The van der Waals surface area contributed by atoms with Crippen LogP contribution in [0.25, 0.3) is 17.1 Å². The second-order valence-electron chi connectivity index (χ2n) is 3.74. The largest absolute Gasteiger partial charge is 0.399 e. The third-order valence-corrected chi connectivity index (χ3v) is 2.46. The van der Waals surface area contributed by atoms with Crippen LogP contribution in [0.4, 0.5) is 5.69 Å². The summed E-state index contributed by atoms with van der Waals surface area (Å²) in [6.45, 7) is 0. The van der Waals surface area contributed by atoms with Crippen LogP contribution < -0.4 is 5.73 Å². The van der Waals surface area contributed by atoms with Gasteiger partial charge >= 0.3 is 0 Å². The number of nitrogens with zero attached hydrogens (tertiary/aromatic N) is 5. The van der Waals surface area contributed by atoms with E-state index in [4.69, 9.17) is 5.73 Å². The Bertz CT molecular complexity index is 644. The molecule has 0 aliphatic rings. The van der Waals surface area contributed by atoms with E-state index in [9.17, 15) is 0 Å². The van der Waals surface area contributed by atoms with Crippen molar-refractivity contribution in [3.8, 4) is 17.1 Å². The van der Waals surface area contributed by atoms with Crippen LogP contribution in [0.3, 0.4) is 0 Å². The quantitative estimate of drug-likeness (QED) is 0.680. The summed E-state index contributed by atoms with van der Waals surface area (Å²) in [6, 6.07) is 11.0. The van der Waals surface area contributed by atoms with Crippen LogP contribution in [0.2, 0.25) is 0 Å². The molecule has 0 atom stereocenters. The maximum Gasteiger partial charge on any atom is 0.205 e. The Labute approximate surface area is 103 Å². The number of nitrogens with two attached hydrogens (primary N) is 1. The Morgan fingerprint density at radius 3 is 2.61 bits per heavy atom. The Hall–Kier alpha value is -2.76. The van der Waals surface area contributed by atoms with Crippen molar-refractivity contribution in [3.05, 3.63) is 48.8 Å². The summed E-state index contributed by atoms with van der Waals surface area (Å²) in [6.07, 6.45) is 3.37. The van der Waals surface area contributed by atoms with Gasteiger partial charge in [0.15, 0.2) is 0 Å². The van der Waals surface area contributed by atoms with Crippen LogP contribution in [0, 0.1) is 0 Å². The standard InChI is InChI=1S/C12H10N6/c13-10-5-3-9(4-6-10)12-15-17-18(16-12)11-2-1-7-14-8-11/h1-8H,13H2. The number of benzene rings is 1. The molecule has 0 unspecified atom stereocenters. The maximum atomic E-state index is 5.63. The Balaban J connectivity index is 1.97. The molecule has 88 valence electrons. The summed E-state index contributed by atoms with van der Waals surface area (Å²) in [5.74, 6) is 0.554. The summed E-state index contributed by atoms with van der Waals surface area (Å²) < 4.78 is 0. The third kappa shape index (κ3) is 1.91. The zero-order valence-corrected chi connectivity index (χ0v) is 9.43. The van der Waals surface area contributed by atoms with E-state index in [-0.39, 0.29) is 0 Å². The van der Waals surface area contributed by atoms with Gasteiger partial charge in [-0.25, -0.2) is 0 Å². The van der Waals surface area contributed by atoms with E-state index in [2.05, 4.69) is 20.4 Å². The molecule has 0 saturated carbocycles. The summed E-state index contributed by atoms with van der Waals surface area (Å²) >= 11 is 0. The molecule has 6 nitrogen and oxygen atoms in total. The lowest BCUT2D eigenvalue weighted by Gasteiger charge is -1.96. The number of tetrazole rings is 1. The molecular weight excluding hydrogens is 228 g/mol. The zero-order chi connectivity index (χ0) is 12.4. The van der Waals surface area contributed by atoms with Crippen molar-refractivity contribution in [2.24, 2.45) is 0 Å². The van der Waals surface area contributed by atoms with Crippen LogP contribution in [0.1, 0.15) is 0 Å². The van der Waals surface area contributed by atoms with Crippen LogP contribution in [0.15, 0.2) is 48.8 Å². The highest BCUT2D eigenvalue weighted by atomic mass is 15.6. The minimum atomic E-state index is 0.554. The first-order valence-corrected chi connectivity index (χ1v) is 5.39. The van der Waals surface area contributed by atoms with Gasteiger partial charge in [-0.3, -0.25) is 4.98 Å². The van der Waals surface area contributed by atoms with E-state index < -0.39 is 0 Å². The minimum absolute atomic E-state index is 0.554. The molecular formula is C12H10N6. The van der Waals surface area contributed by atoms with E-state index >= 15 is 0 Å². The summed E-state index contributed by atoms with van der Waals surface area (Å²) in [5.41, 5.74) is 7.98. The fraction of sp³-hybridized carbons (Fsp3) is 0. The third-order valence-electron chi connectivity index (χ3n) is 2.46. The Morgan fingerprint density at radius 2 is 1.89 bits per heavy atom. The number of pyridine rings is 1. The lowest BCUT2D eigenvalue weighted by Crippen LogP contribution is -1.98. The van der Waals surface area contributed by atoms with Crippen molar-refractivity contribution in [1.29, 1.82) is 0 Å². The maximum absolute atomic E-state index is 5.63. The number of aromatic nitrogens is 5. The van der Waals surface area contributed by atoms with Gasteiger partial charge in [0.2, 0.25) is 5.82 Å². The number of nitrogen functional groups attached to an aromatic ring is 1. The fourth-order valence-electron chi connectivity index (χ4n) is 1.54. The molecule has 2 aromatic heterocycles. The summed E-state index contributed by atoms with van der Waals surface area (Å²) in [4.78, 5) is 5.45. The summed E-state index contributed by atoms with van der Waals surface area (Å²) in [5, 5.41) is 12.3. The van der Waals surface area contributed by atoms with Crippen molar-refractivity contribution >= 4 is 5.69 Å². The van der Waals surface area contributed by atoms with Crippen molar-refractivity contribution in [1.82, 2.24) is 25.2 Å². The second-order valence-corrected chi connectivity index (χ2v) is 3.74. The van der Waals surface area contributed by atoms with Crippen LogP contribution in [-0.4, -0.2) is 25.2 Å². The zero-order valence-electron chi connectivity index (χ0n) is 9.43. The average Bonchev–Trinajstić information content (AvgIpc) is 2.90. The number of rotatable bonds is 2. The van der Waals surface area contributed by atoms with Gasteiger partial charge < -0.3 is 5.73 Å². The lowest BCUT2D eigenvalue weighted by molar-refractivity contribution is 0.717. The van der Waals surface area contributed by atoms with Gasteiger partial charge in [-0.05, 0) is 41.6 Å². The molecule has 0 radical (unpaired) electrons. The number of hydrogen-bond donors (Lipinski definition) is 1. The molecule has 0 amide bonds. The molecule has 3 rings (SSSR count). The molecule has 18 heavy (non-hydrogen) atoms. The molecule has 0 spiro atoms. The normalized spacial score (nSPS) is 10.4. The first-order chi connectivity index (χ1) is 8.83. The molecule has 2 heterocycles. The highest BCUT2D eigenvalue weighted by molar-refractivity contribution is 5.57. The molecule has 6 heteroatoms. The van der Waals surface area contributed by atoms with Gasteiger partial charge in [0, 0.05) is 17.4 Å². The molecule has 2 N–H and O–H groups in total. The molecule has 0 saturated heterocycles. The SMILES string of the molecule is Nc1ccc(-c2nnn(-c3cccnc3)n2)cc1. The second kappa shape index (κ2) is 4.25.